The molecule has 3 aromatic rings. The smallest absolute Gasteiger partial charge is 0.226 e. The van der Waals surface area contributed by atoms with Crippen molar-refractivity contribution in [2.45, 2.75) is 39.0 Å². The van der Waals surface area contributed by atoms with Gasteiger partial charge in [-0.15, -0.1) is 0 Å². The van der Waals surface area contributed by atoms with Gasteiger partial charge in [-0.3, -0.25) is 4.99 Å². The van der Waals surface area contributed by atoms with Crippen molar-refractivity contribution in [3.05, 3.63) is 83.5 Å². The molecule has 1 heterocycles. The molecule has 6 nitrogen and oxygen atoms in total. The van der Waals surface area contributed by atoms with Crippen LogP contribution in [0.2, 0.25) is 0 Å². The number of guanidine groups is 1. The summed E-state index contributed by atoms with van der Waals surface area (Å²) in [6.07, 6.45) is 2.62. The van der Waals surface area contributed by atoms with Crippen LogP contribution in [0, 0.1) is 6.92 Å². The van der Waals surface area contributed by atoms with Gasteiger partial charge in [0, 0.05) is 32.0 Å². The fourth-order valence-electron chi connectivity index (χ4n) is 3.34. The van der Waals surface area contributed by atoms with Crippen LogP contribution in [0.5, 0.6) is 0 Å². The molecule has 0 saturated heterocycles. The first-order chi connectivity index (χ1) is 14.7. The molecule has 0 radical (unpaired) electrons. The lowest BCUT2D eigenvalue weighted by atomic mass is 9.92. The summed E-state index contributed by atoms with van der Waals surface area (Å²) in [5.74, 6) is 2.53. The van der Waals surface area contributed by atoms with Crippen molar-refractivity contribution in [2.75, 3.05) is 19.6 Å². The van der Waals surface area contributed by atoms with E-state index in [-0.39, 0.29) is 0 Å². The van der Waals surface area contributed by atoms with Gasteiger partial charge in [0.1, 0.15) is 0 Å². The molecule has 0 amide bonds. The predicted octanol–water partition coefficient (Wildman–Crippen LogP) is 3.89. The molecule has 1 unspecified atom stereocenters. The fourth-order valence-corrected chi connectivity index (χ4v) is 3.34. The largest absolute Gasteiger partial charge is 0.357 e. The van der Waals surface area contributed by atoms with Gasteiger partial charge in [0.15, 0.2) is 11.8 Å². The average Bonchev–Trinajstić information content (AvgIpc) is 3.20. The van der Waals surface area contributed by atoms with E-state index in [0.717, 1.165) is 44.9 Å². The van der Waals surface area contributed by atoms with Crippen LogP contribution in [0.25, 0.3) is 0 Å². The third-order valence-corrected chi connectivity index (χ3v) is 4.84. The zero-order valence-corrected chi connectivity index (χ0v) is 17.8. The Kier molecular flexibility index (Phi) is 8.45. The zero-order chi connectivity index (χ0) is 21.0. The number of hydrogen-bond acceptors (Lipinski definition) is 4. The van der Waals surface area contributed by atoms with E-state index in [0.29, 0.717) is 17.6 Å². The van der Waals surface area contributed by atoms with Crippen molar-refractivity contribution < 1.29 is 4.52 Å². The van der Waals surface area contributed by atoms with Gasteiger partial charge in [-0.25, -0.2) is 0 Å². The second kappa shape index (κ2) is 11.8. The second-order valence-corrected chi connectivity index (χ2v) is 7.28. The lowest BCUT2D eigenvalue weighted by Crippen LogP contribution is -2.38. The van der Waals surface area contributed by atoms with Crippen LogP contribution in [-0.2, 0) is 12.8 Å². The Morgan fingerprint density at radius 2 is 1.77 bits per heavy atom. The second-order valence-electron chi connectivity index (χ2n) is 7.28. The molecule has 6 heteroatoms. The molecule has 158 valence electrons. The van der Waals surface area contributed by atoms with E-state index in [1.807, 2.05) is 6.92 Å². The van der Waals surface area contributed by atoms with Crippen molar-refractivity contribution in [1.29, 1.82) is 0 Å². The molecule has 30 heavy (non-hydrogen) atoms. The quantitative estimate of drug-likeness (QED) is 0.304. The maximum absolute atomic E-state index is 5.17. The normalized spacial score (nSPS) is 12.5. The molecule has 0 fully saturated rings. The topological polar surface area (TPSA) is 75.3 Å². The van der Waals surface area contributed by atoms with Crippen LogP contribution in [0.1, 0.15) is 42.1 Å². The van der Waals surface area contributed by atoms with E-state index in [1.54, 1.807) is 0 Å². The molecule has 2 N–H and O–H groups in total. The highest BCUT2D eigenvalue weighted by Gasteiger charge is 2.12. The minimum absolute atomic E-state index is 0.324. The van der Waals surface area contributed by atoms with Crippen molar-refractivity contribution in [3.8, 4) is 0 Å². The molecule has 0 aliphatic carbocycles. The molecule has 1 aromatic heterocycles. The summed E-state index contributed by atoms with van der Waals surface area (Å²) in [5.41, 5.74) is 2.64. The Morgan fingerprint density at radius 3 is 2.43 bits per heavy atom. The van der Waals surface area contributed by atoms with E-state index in [9.17, 15) is 0 Å². The number of aryl methyl sites for hydroxylation is 2. The predicted molar refractivity (Wildman–Crippen MR) is 121 cm³/mol. The first-order valence-corrected chi connectivity index (χ1v) is 10.6. The van der Waals surface area contributed by atoms with Crippen molar-refractivity contribution in [3.63, 3.8) is 0 Å². The summed E-state index contributed by atoms with van der Waals surface area (Å²) in [4.78, 5) is 9.12. The highest BCUT2D eigenvalue weighted by atomic mass is 16.5. The highest BCUT2D eigenvalue weighted by molar-refractivity contribution is 5.79. The minimum Gasteiger partial charge on any atom is -0.357 e. The van der Waals surface area contributed by atoms with Gasteiger partial charge in [-0.1, -0.05) is 65.8 Å². The lowest BCUT2D eigenvalue weighted by Gasteiger charge is -2.17. The zero-order valence-electron chi connectivity index (χ0n) is 17.8. The Labute approximate surface area is 178 Å². The Morgan fingerprint density at radius 1 is 1.03 bits per heavy atom. The third-order valence-electron chi connectivity index (χ3n) is 4.84. The van der Waals surface area contributed by atoms with Gasteiger partial charge in [0.25, 0.3) is 0 Å². The van der Waals surface area contributed by atoms with Crippen LogP contribution in [-0.4, -0.2) is 35.7 Å². The van der Waals surface area contributed by atoms with Crippen molar-refractivity contribution in [1.82, 2.24) is 20.8 Å². The number of rotatable bonds is 10. The monoisotopic (exact) mass is 405 g/mol. The third kappa shape index (κ3) is 7.03. The fraction of sp³-hybridized carbons (Fsp3) is 0.375. The molecule has 3 rings (SSSR count). The van der Waals surface area contributed by atoms with E-state index < -0.39 is 0 Å². The highest BCUT2D eigenvalue weighted by Crippen LogP contribution is 2.21. The number of aromatic nitrogens is 2. The Bertz CT molecular complexity index is 892. The molecular formula is C24H31N5O. The molecule has 0 bridgehead atoms. The van der Waals surface area contributed by atoms with Crippen LogP contribution >= 0.6 is 0 Å². The minimum atomic E-state index is 0.324. The van der Waals surface area contributed by atoms with E-state index in [1.165, 1.54) is 11.1 Å². The summed E-state index contributed by atoms with van der Waals surface area (Å²) < 4.78 is 5.17. The number of nitrogens with zero attached hydrogens (tertiary/aromatic N) is 3. The van der Waals surface area contributed by atoms with E-state index in [4.69, 9.17) is 9.52 Å². The van der Waals surface area contributed by atoms with Gasteiger partial charge >= 0.3 is 0 Å². The van der Waals surface area contributed by atoms with Gasteiger partial charge in [-0.05, 0) is 37.8 Å². The SMILES string of the molecule is CCNC(=NCC(Cc1ccccc1)c1ccccc1)NCCCc1nc(C)no1. The van der Waals surface area contributed by atoms with Gasteiger partial charge in [0.05, 0.1) is 0 Å². The van der Waals surface area contributed by atoms with Gasteiger partial charge in [0.2, 0.25) is 5.89 Å². The van der Waals surface area contributed by atoms with Crippen LogP contribution in [0.4, 0.5) is 0 Å². The first kappa shape index (κ1) is 21.6. The summed E-state index contributed by atoms with van der Waals surface area (Å²) in [7, 11) is 0. The van der Waals surface area contributed by atoms with Crippen molar-refractivity contribution in [2.24, 2.45) is 4.99 Å². The van der Waals surface area contributed by atoms with Crippen LogP contribution in [0.15, 0.2) is 70.2 Å². The maximum Gasteiger partial charge on any atom is 0.226 e. The summed E-state index contributed by atoms with van der Waals surface area (Å²) in [5, 5.41) is 10.6. The standard InChI is InChI=1S/C24H31N5O/c1-3-25-24(26-16-10-15-23-28-19(2)29-30-23)27-18-22(21-13-8-5-9-14-21)17-20-11-6-4-7-12-20/h4-9,11-14,22H,3,10,15-18H2,1-2H3,(H2,25,26,27). The molecular weight excluding hydrogens is 374 g/mol. The summed E-state index contributed by atoms with van der Waals surface area (Å²) >= 11 is 0. The van der Waals surface area contributed by atoms with Crippen molar-refractivity contribution >= 4 is 5.96 Å². The Hall–Kier alpha value is -3.15. The number of nitrogens with one attached hydrogen (secondary N) is 2. The summed E-state index contributed by atoms with van der Waals surface area (Å²) in [6, 6.07) is 21.2. The average molecular weight is 406 g/mol. The van der Waals surface area contributed by atoms with Gasteiger partial charge in [-0.2, -0.15) is 4.98 Å². The molecule has 0 aliphatic rings. The lowest BCUT2D eigenvalue weighted by molar-refractivity contribution is 0.372. The molecule has 0 aliphatic heterocycles. The van der Waals surface area contributed by atoms with E-state index >= 15 is 0 Å². The molecule has 1 atom stereocenters. The Balaban J connectivity index is 1.59. The molecule has 0 saturated carbocycles. The first-order valence-electron chi connectivity index (χ1n) is 10.6. The van der Waals surface area contributed by atoms with Gasteiger partial charge < -0.3 is 15.2 Å². The summed E-state index contributed by atoms with van der Waals surface area (Å²) in [6.45, 7) is 6.25. The van der Waals surface area contributed by atoms with Crippen LogP contribution in [0.3, 0.4) is 0 Å². The van der Waals surface area contributed by atoms with E-state index in [2.05, 4.69) is 88.4 Å². The number of hydrogen-bond donors (Lipinski definition) is 2. The number of benzene rings is 2. The molecule has 2 aromatic carbocycles. The number of aliphatic imine (C=N–C) groups is 1. The molecule has 0 spiro atoms. The van der Waals surface area contributed by atoms with Crippen LogP contribution < -0.4 is 10.6 Å². The maximum atomic E-state index is 5.17.